The quantitative estimate of drug-likeness (QED) is 0.119. The van der Waals surface area contributed by atoms with Crippen LogP contribution in [-0.4, -0.2) is 63.1 Å². The summed E-state index contributed by atoms with van der Waals surface area (Å²) in [5, 5.41) is 32.3. The fraction of sp³-hybridized carbons (Fsp3) is 0. The van der Waals surface area contributed by atoms with Crippen LogP contribution in [0.15, 0.2) is 128 Å². The molecular formula is C39H24N6O6Ru. The number of benzene rings is 3. The number of carboxylic acids is 3. The molecule has 0 aliphatic carbocycles. The monoisotopic (exact) mass is 774 g/mol. The Hall–Kier alpha value is -6.85. The summed E-state index contributed by atoms with van der Waals surface area (Å²) in [6.45, 7) is 0. The van der Waals surface area contributed by atoms with Gasteiger partial charge in [-0.15, -0.1) is 0 Å². The van der Waals surface area contributed by atoms with E-state index in [2.05, 4.69) is 29.9 Å². The molecule has 3 aromatic carbocycles. The summed E-state index contributed by atoms with van der Waals surface area (Å²) < 4.78 is 0. The van der Waals surface area contributed by atoms with Crippen LogP contribution in [0, 0.1) is 0 Å². The predicted molar refractivity (Wildman–Crippen MR) is 192 cm³/mol. The van der Waals surface area contributed by atoms with E-state index in [4.69, 9.17) is 15.3 Å². The van der Waals surface area contributed by atoms with Crippen molar-refractivity contribution in [3.05, 3.63) is 145 Å². The van der Waals surface area contributed by atoms with Crippen molar-refractivity contribution < 1.29 is 49.2 Å². The van der Waals surface area contributed by atoms with Gasteiger partial charge in [-0.1, -0.05) is 72.8 Å². The molecule has 0 atom stereocenters. The maximum atomic E-state index is 10.9. The van der Waals surface area contributed by atoms with Crippen LogP contribution in [0.2, 0.25) is 0 Å². The number of carbonyl (C=O) groups is 3. The van der Waals surface area contributed by atoms with Crippen molar-refractivity contribution >= 4 is 83.3 Å². The Labute approximate surface area is 306 Å². The average Bonchev–Trinajstić information content (AvgIpc) is 3.17. The van der Waals surface area contributed by atoms with E-state index < -0.39 is 17.9 Å². The van der Waals surface area contributed by atoms with Gasteiger partial charge in [0.05, 0.1) is 33.1 Å². The van der Waals surface area contributed by atoms with Crippen LogP contribution in [0.1, 0.15) is 31.5 Å². The summed E-state index contributed by atoms with van der Waals surface area (Å²) in [4.78, 5) is 57.9. The Morgan fingerprint density at radius 3 is 0.827 bits per heavy atom. The molecule has 0 spiro atoms. The van der Waals surface area contributed by atoms with Gasteiger partial charge in [0.15, 0.2) is 0 Å². The molecule has 9 rings (SSSR count). The Morgan fingerprint density at radius 1 is 0.346 bits per heavy atom. The second kappa shape index (κ2) is 15.0. The van der Waals surface area contributed by atoms with Gasteiger partial charge in [-0.3, -0.25) is 15.0 Å². The van der Waals surface area contributed by atoms with E-state index in [1.807, 2.05) is 72.8 Å². The Kier molecular flexibility index (Phi) is 10.1. The van der Waals surface area contributed by atoms with Gasteiger partial charge < -0.3 is 15.3 Å². The van der Waals surface area contributed by atoms with Crippen LogP contribution in [0.3, 0.4) is 0 Å². The number of fused-ring (bicyclic) bond motifs is 9. The van der Waals surface area contributed by atoms with Gasteiger partial charge in [0.1, 0.15) is 17.1 Å². The fourth-order valence-corrected chi connectivity index (χ4v) is 5.53. The van der Waals surface area contributed by atoms with Gasteiger partial charge in [0.25, 0.3) is 0 Å². The zero-order valence-corrected chi connectivity index (χ0v) is 28.5. The third kappa shape index (κ3) is 7.07. The molecule has 0 radical (unpaired) electrons. The van der Waals surface area contributed by atoms with Gasteiger partial charge in [0.2, 0.25) is 0 Å². The number of aromatic carboxylic acids is 3. The SMILES string of the molecule is O=C(O)c1ccc2ccc3cccnc3c2n1.O=C(O)c1ccc2ccc3cccnc3c2n1.O=C(O)c1ccc2ccc3cccnc3c2n1.[Ru]. The molecule has 0 saturated heterocycles. The average molecular weight is 774 g/mol. The fourth-order valence-electron chi connectivity index (χ4n) is 5.53. The maximum absolute atomic E-state index is 10.9. The first-order valence-electron chi connectivity index (χ1n) is 15.4. The zero-order chi connectivity index (χ0) is 35.5. The molecule has 0 aliphatic rings. The molecule has 3 N–H and O–H groups in total. The van der Waals surface area contributed by atoms with Crippen molar-refractivity contribution in [1.29, 1.82) is 0 Å². The van der Waals surface area contributed by atoms with Gasteiger partial charge in [0, 0.05) is 70.4 Å². The van der Waals surface area contributed by atoms with Crippen molar-refractivity contribution in [2.45, 2.75) is 0 Å². The molecular weight excluding hydrogens is 750 g/mol. The minimum absolute atomic E-state index is 0. The topological polar surface area (TPSA) is 189 Å². The largest absolute Gasteiger partial charge is 0.477 e. The second-order valence-corrected chi connectivity index (χ2v) is 11.1. The Bertz CT molecular complexity index is 2530. The van der Waals surface area contributed by atoms with Crippen LogP contribution in [0.4, 0.5) is 0 Å². The minimum Gasteiger partial charge on any atom is -0.477 e. The van der Waals surface area contributed by atoms with Crippen LogP contribution in [0.5, 0.6) is 0 Å². The number of hydrogen-bond acceptors (Lipinski definition) is 9. The molecule has 6 heterocycles. The summed E-state index contributed by atoms with van der Waals surface area (Å²) in [6.07, 6.45) is 5.03. The molecule has 0 bridgehead atoms. The maximum Gasteiger partial charge on any atom is 0.354 e. The van der Waals surface area contributed by atoms with Crippen molar-refractivity contribution in [2.24, 2.45) is 0 Å². The minimum atomic E-state index is -1.03. The number of aromatic nitrogens is 6. The van der Waals surface area contributed by atoms with E-state index in [1.54, 1.807) is 36.8 Å². The summed E-state index contributed by atoms with van der Waals surface area (Å²) in [7, 11) is 0. The number of hydrogen-bond donors (Lipinski definition) is 3. The van der Waals surface area contributed by atoms with E-state index in [0.29, 0.717) is 16.6 Å². The predicted octanol–water partition coefficient (Wildman–Crippen LogP) is 7.44. The van der Waals surface area contributed by atoms with Crippen molar-refractivity contribution in [2.75, 3.05) is 0 Å². The standard InChI is InChI=1S/3C13H8N2O2.Ru/c3*16-13(17)10-6-5-9-4-3-8-2-1-7-14-11(8)12(9)15-10;/h3*1-7H,(H,16,17);. The van der Waals surface area contributed by atoms with Gasteiger partial charge in [-0.05, 0) is 36.4 Å². The first kappa shape index (κ1) is 35.0. The molecule has 52 heavy (non-hydrogen) atoms. The summed E-state index contributed by atoms with van der Waals surface area (Å²) in [5.74, 6) is -3.08. The first-order chi connectivity index (χ1) is 24.8. The summed E-state index contributed by atoms with van der Waals surface area (Å²) in [5.41, 5.74) is 4.19. The third-order valence-electron chi connectivity index (χ3n) is 7.95. The molecule has 0 unspecified atom stereocenters. The van der Waals surface area contributed by atoms with Crippen molar-refractivity contribution in [1.82, 2.24) is 29.9 Å². The van der Waals surface area contributed by atoms with Gasteiger partial charge in [-0.2, -0.15) is 0 Å². The van der Waals surface area contributed by atoms with Gasteiger partial charge >= 0.3 is 17.9 Å². The number of nitrogens with zero attached hydrogens (tertiary/aromatic N) is 6. The van der Waals surface area contributed by atoms with E-state index in [1.165, 1.54) is 18.2 Å². The van der Waals surface area contributed by atoms with Gasteiger partial charge in [-0.25, -0.2) is 29.3 Å². The smallest absolute Gasteiger partial charge is 0.354 e. The van der Waals surface area contributed by atoms with Crippen molar-refractivity contribution in [3.8, 4) is 0 Å². The molecule has 0 saturated carbocycles. The third-order valence-corrected chi connectivity index (χ3v) is 7.95. The Morgan fingerprint density at radius 2 is 0.577 bits per heavy atom. The second-order valence-electron chi connectivity index (χ2n) is 11.1. The van der Waals surface area contributed by atoms with Crippen LogP contribution < -0.4 is 0 Å². The normalized spacial score (nSPS) is 10.6. The van der Waals surface area contributed by atoms with Crippen molar-refractivity contribution in [3.63, 3.8) is 0 Å². The van der Waals surface area contributed by atoms with E-state index in [-0.39, 0.29) is 36.6 Å². The molecule has 12 nitrogen and oxygen atoms in total. The van der Waals surface area contributed by atoms with Crippen LogP contribution >= 0.6 is 0 Å². The summed E-state index contributed by atoms with van der Waals surface area (Å²) >= 11 is 0. The first-order valence-corrected chi connectivity index (χ1v) is 15.4. The van der Waals surface area contributed by atoms with E-state index >= 15 is 0 Å². The van der Waals surface area contributed by atoms with E-state index in [9.17, 15) is 14.4 Å². The molecule has 0 fully saturated rings. The van der Waals surface area contributed by atoms with Crippen LogP contribution in [0.25, 0.3) is 65.4 Å². The molecule has 0 aliphatic heterocycles. The number of pyridine rings is 6. The number of carboxylic acid groups (broad SMARTS) is 3. The molecule has 9 aromatic rings. The molecule has 6 aromatic heterocycles. The number of rotatable bonds is 3. The van der Waals surface area contributed by atoms with E-state index in [0.717, 1.165) is 48.9 Å². The molecule has 254 valence electrons. The Balaban J connectivity index is 0.000000133. The summed E-state index contributed by atoms with van der Waals surface area (Å²) in [6, 6.07) is 32.7. The van der Waals surface area contributed by atoms with Crippen LogP contribution in [-0.2, 0) is 19.5 Å². The molecule has 0 amide bonds. The zero-order valence-electron chi connectivity index (χ0n) is 26.7. The molecule has 13 heteroatoms.